The summed E-state index contributed by atoms with van der Waals surface area (Å²) in [5.41, 5.74) is 2.72. The van der Waals surface area contributed by atoms with Gasteiger partial charge in [0.1, 0.15) is 6.17 Å². The Hall–Kier alpha value is -4.22. The number of nitrogens with one attached hydrogen (secondary N) is 1. The van der Waals surface area contributed by atoms with E-state index in [-0.39, 0.29) is 25.7 Å². The number of hydrogen-bond acceptors (Lipinski definition) is 7. The van der Waals surface area contributed by atoms with Crippen molar-refractivity contribution in [2.45, 2.75) is 38.6 Å². The van der Waals surface area contributed by atoms with Crippen LogP contribution in [0.4, 0.5) is 26.6 Å². The maximum atomic E-state index is 15.3. The van der Waals surface area contributed by atoms with Crippen molar-refractivity contribution < 1.29 is 14.3 Å². The second kappa shape index (κ2) is 9.44. The molecule has 12 heteroatoms. The predicted molar refractivity (Wildman–Crippen MR) is 133 cm³/mol. The van der Waals surface area contributed by atoms with Gasteiger partial charge in [0.15, 0.2) is 17.0 Å². The van der Waals surface area contributed by atoms with Crippen molar-refractivity contribution in [1.29, 1.82) is 0 Å². The van der Waals surface area contributed by atoms with Crippen LogP contribution in [0.1, 0.15) is 25.5 Å². The molecule has 0 radical (unpaired) electrons. The van der Waals surface area contributed by atoms with E-state index in [0.717, 1.165) is 16.2 Å². The molecule has 0 saturated carbocycles. The SMILES string of the molecule is CC(C)n1cnc2c(Nc3cnn(C)c3)nc(N3C[C@@H](N(Cc4ccccc4)C(=O)O)[C@@H](F)C3)nc21. The molecule has 1 fully saturated rings. The van der Waals surface area contributed by atoms with Crippen LogP contribution in [-0.2, 0) is 13.6 Å². The zero-order valence-corrected chi connectivity index (χ0v) is 20.3. The first-order valence-electron chi connectivity index (χ1n) is 11.7. The molecule has 1 amide bonds. The van der Waals surface area contributed by atoms with E-state index in [1.54, 1.807) is 22.1 Å². The van der Waals surface area contributed by atoms with Crippen LogP contribution in [0, 0.1) is 0 Å². The molecule has 0 unspecified atom stereocenters. The van der Waals surface area contributed by atoms with Crippen LogP contribution < -0.4 is 10.2 Å². The Morgan fingerprint density at radius 2 is 2.03 bits per heavy atom. The Labute approximate surface area is 207 Å². The van der Waals surface area contributed by atoms with Gasteiger partial charge in [-0.1, -0.05) is 30.3 Å². The molecular formula is C24H28FN9O2. The van der Waals surface area contributed by atoms with Crippen LogP contribution in [0.25, 0.3) is 11.2 Å². The number of benzene rings is 1. The number of carboxylic acid groups (broad SMARTS) is 1. The van der Waals surface area contributed by atoms with E-state index in [0.29, 0.717) is 22.9 Å². The van der Waals surface area contributed by atoms with Gasteiger partial charge in [-0.2, -0.15) is 15.1 Å². The highest BCUT2D eigenvalue weighted by atomic mass is 19.1. The summed E-state index contributed by atoms with van der Waals surface area (Å²) in [5, 5.41) is 17.3. The number of halogens is 1. The van der Waals surface area contributed by atoms with Crippen molar-refractivity contribution in [1.82, 2.24) is 34.2 Å². The van der Waals surface area contributed by atoms with E-state index in [1.165, 1.54) is 0 Å². The maximum absolute atomic E-state index is 15.3. The van der Waals surface area contributed by atoms with Gasteiger partial charge in [0, 0.05) is 32.4 Å². The third kappa shape index (κ3) is 4.53. The third-order valence-electron chi connectivity index (χ3n) is 6.28. The number of nitrogens with zero attached hydrogens (tertiary/aromatic N) is 8. The second-order valence-corrected chi connectivity index (χ2v) is 9.20. The van der Waals surface area contributed by atoms with E-state index in [4.69, 9.17) is 4.98 Å². The van der Waals surface area contributed by atoms with Crippen LogP contribution in [-0.4, -0.2) is 70.7 Å². The number of imidazole rings is 1. The monoisotopic (exact) mass is 493 g/mol. The van der Waals surface area contributed by atoms with Crippen LogP contribution in [0.2, 0.25) is 0 Å². The molecule has 0 aliphatic carbocycles. The van der Waals surface area contributed by atoms with E-state index in [2.05, 4.69) is 20.4 Å². The number of fused-ring (bicyclic) bond motifs is 1. The summed E-state index contributed by atoms with van der Waals surface area (Å²) in [5.74, 6) is 0.784. The van der Waals surface area contributed by atoms with Crippen LogP contribution in [0.5, 0.6) is 0 Å². The number of hydrogen-bond donors (Lipinski definition) is 2. The van der Waals surface area contributed by atoms with Crippen molar-refractivity contribution in [3.8, 4) is 0 Å². The lowest BCUT2D eigenvalue weighted by atomic mass is 10.1. The van der Waals surface area contributed by atoms with Crippen molar-refractivity contribution in [3.05, 3.63) is 54.6 Å². The number of carbonyl (C=O) groups is 1. The van der Waals surface area contributed by atoms with E-state index in [9.17, 15) is 9.90 Å². The van der Waals surface area contributed by atoms with Crippen molar-refractivity contribution >= 4 is 34.7 Å². The average Bonchev–Trinajstić information content (AvgIpc) is 3.56. The molecule has 0 spiro atoms. The molecule has 2 atom stereocenters. The standard InChI is InChI=1S/C24H28FN9O2/c1-15(2)34-14-26-20-21(28-17-9-27-31(3)11-17)29-23(30-22(20)34)32-12-18(25)19(13-32)33(24(35)36)10-16-7-5-4-6-8-16/h4-9,11,14-15,18-19H,10,12-13H2,1-3H3,(H,35,36)(H,28,29,30)/t18-,19+/m0/s1. The number of anilines is 3. The molecule has 1 aliphatic rings. The topological polar surface area (TPSA) is 117 Å². The Morgan fingerprint density at radius 1 is 1.25 bits per heavy atom. The smallest absolute Gasteiger partial charge is 0.408 e. The first kappa shape index (κ1) is 23.5. The lowest BCUT2D eigenvalue weighted by Gasteiger charge is -2.27. The van der Waals surface area contributed by atoms with Gasteiger partial charge in [0.25, 0.3) is 0 Å². The quantitative estimate of drug-likeness (QED) is 0.401. The second-order valence-electron chi connectivity index (χ2n) is 9.20. The molecule has 188 valence electrons. The summed E-state index contributed by atoms with van der Waals surface area (Å²) in [6.45, 7) is 4.26. The minimum atomic E-state index is -1.39. The molecule has 4 aromatic rings. The number of rotatable bonds is 7. The number of aromatic nitrogens is 6. The average molecular weight is 494 g/mol. The fraction of sp³-hybridized carbons (Fsp3) is 0.375. The van der Waals surface area contributed by atoms with Gasteiger partial charge in [-0.05, 0) is 19.4 Å². The predicted octanol–water partition coefficient (Wildman–Crippen LogP) is 3.59. The minimum Gasteiger partial charge on any atom is -0.465 e. The molecule has 36 heavy (non-hydrogen) atoms. The Bertz CT molecular complexity index is 1370. The zero-order valence-electron chi connectivity index (χ0n) is 20.3. The highest BCUT2D eigenvalue weighted by Crippen LogP contribution is 2.30. The normalized spacial score (nSPS) is 17.8. The first-order chi connectivity index (χ1) is 17.3. The van der Waals surface area contributed by atoms with E-state index in [1.807, 2.05) is 62.0 Å². The summed E-state index contributed by atoms with van der Waals surface area (Å²) in [6, 6.07) is 8.43. The van der Waals surface area contributed by atoms with Gasteiger partial charge >= 0.3 is 6.09 Å². The summed E-state index contributed by atoms with van der Waals surface area (Å²) in [6.07, 6.45) is 2.63. The van der Waals surface area contributed by atoms with E-state index >= 15 is 4.39 Å². The number of alkyl halides is 1. The molecule has 1 saturated heterocycles. The summed E-state index contributed by atoms with van der Waals surface area (Å²) in [7, 11) is 1.81. The molecule has 1 aliphatic heterocycles. The molecule has 3 aromatic heterocycles. The molecule has 11 nitrogen and oxygen atoms in total. The zero-order chi connectivity index (χ0) is 25.4. The highest BCUT2D eigenvalue weighted by Gasteiger charge is 2.40. The minimum absolute atomic E-state index is 0.0170. The van der Waals surface area contributed by atoms with Gasteiger partial charge in [-0.25, -0.2) is 14.2 Å². The molecule has 1 aromatic carbocycles. The third-order valence-corrected chi connectivity index (χ3v) is 6.28. The Morgan fingerprint density at radius 3 is 2.69 bits per heavy atom. The molecule has 4 heterocycles. The molecule has 5 rings (SSSR count). The highest BCUT2D eigenvalue weighted by molar-refractivity contribution is 5.86. The van der Waals surface area contributed by atoms with Crippen molar-refractivity contribution in [2.24, 2.45) is 7.05 Å². The van der Waals surface area contributed by atoms with Gasteiger partial charge in [-0.15, -0.1) is 0 Å². The fourth-order valence-electron chi connectivity index (χ4n) is 4.44. The van der Waals surface area contributed by atoms with Gasteiger partial charge in [-0.3, -0.25) is 9.58 Å². The fourth-order valence-corrected chi connectivity index (χ4v) is 4.44. The van der Waals surface area contributed by atoms with Gasteiger partial charge < -0.3 is 19.9 Å². The summed E-state index contributed by atoms with van der Waals surface area (Å²) >= 11 is 0. The number of aryl methyl sites for hydroxylation is 1. The van der Waals surface area contributed by atoms with Crippen molar-refractivity contribution in [2.75, 3.05) is 23.3 Å². The van der Waals surface area contributed by atoms with Crippen LogP contribution >= 0.6 is 0 Å². The van der Waals surface area contributed by atoms with E-state index < -0.39 is 18.3 Å². The summed E-state index contributed by atoms with van der Waals surface area (Å²) < 4.78 is 18.9. The molecule has 2 N–H and O–H groups in total. The maximum Gasteiger partial charge on any atom is 0.408 e. The molecule has 0 bridgehead atoms. The lowest BCUT2D eigenvalue weighted by molar-refractivity contribution is 0.103. The van der Waals surface area contributed by atoms with Gasteiger partial charge in [0.05, 0.1) is 30.8 Å². The van der Waals surface area contributed by atoms with Crippen LogP contribution in [0.3, 0.4) is 0 Å². The van der Waals surface area contributed by atoms with Gasteiger partial charge in [0.2, 0.25) is 5.95 Å². The summed E-state index contributed by atoms with van der Waals surface area (Å²) in [4.78, 5) is 28.8. The van der Waals surface area contributed by atoms with Crippen molar-refractivity contribution in [3.63, 3.8) is 0 Å². The number of amides is 1. The molecular weight excluding hydrogens is 465 g/mol. The first-order valence-corrected chi connectivity index (χ1v) is 11.7. The van der Waals surface area contributed by atoms with Crippen LogP contribution in [0.15, 0.2) is 49.1 Å². The Balaban J connectivity index is 1.48. The largest absolute Gasteiger partial charge is 0.465 e. The Kier molecular flexibility index (Phi) is 6.17. The lowest BCUT2D eigenvalue weighted by Crippen LogP contribution is -2.44.